The second kappa shape index (κ2) is 32.4. The van der Waals surface area contributed by atoms with Gasteiger partial charge in [-0.25, -0.2) is 24.6 Å². The van der Waals surface area contributed by atoms with Crippen molar-refractivity contribution in [3.05, 3.63) is 70.6 Å². The van der Waals surface area contributed by atoms with Gasteiger partial charge in [-0.3, -0.25) is 19.2 Å². The van der Waals surface area contributed by atoms with E-state index in [9.17, 15) is 43.9 Å². The van der Waals surface area contributed by atoms with Crippen LogP contribution in [0.4, 0.5) is 38.4 Å². The van der Waals surface area contributed by atoms with Crippen molar-refractivity contribution in [2.45, 2.75) is 96.4 Å². The molecule has 4 aromatic rings. The van der Waals surface area contributed by atoms with Crippen LogP contribution in [0.2, 0.25) is 0 Å². The molecule has 3 aliphatic heterocycles. The van der Waals surface area contributed by atoms with E-state index in [1.165, 1.54) is 32.2 Å². The molecule has 415 valence electrons. The van der Waals surface area contributed by atoms with Crippen LogP contribution in [0.25, 0.3) is 10.9 Å². The zero-order valence-electron chi connectivity index (χ0n) is 45.2. The fourth-order valence-electron chi connectivity index (χ4n) is 8.79. The number of nitrogens with two attached hydrogens (primary N) is 1. The normalized spacial score (nSPS) is 15.7. The first kappa shape index (κ1) is 63.9. The first-order valence-electron chi connectivity index (χ1n) is 25.9. The molecule has 0 aliphatic carbocycles. The summed E-state index contributed by atoms with van der Waals surface area (Å²) < 4.78 is 5.52. The molecule has 3 fully saturated rings. The molecule has 6 amide bonds. The van der Waals surface area contributed by atoms with Crippen molar-refractivity contribution in [1.29, 1.82) is 5.26 Å². The van der Waals surface area contributed by atoms with Crippen LogP contribution in [-0.4, -0.2) is 176 Å². The van der Waals surface area contributed by atoms with Crippen LogP contribution in [0.3, 0.4) is 0 Å². The molecular formula is C52H72BN15O9Y. The van der Waals surface area contributed by atoms with E-state index in [1.807, 2.05) is 17.0 Å². The van der Waals surface area contributed by atoms with Crippen molar-refractivity contribution in [2.24, 2.45) is 11.7 Å². The van der Waals surface area contributed by atoms with Crippen LogP contribution < -0.4 is 41.9 Å². The third-order valence-electron chi connectivity index (χ3n) is 13.1. The number of likely N-dealkylation sites (tertiary alicyclic amines) is 1. The number of nitriles is 1. The smallest absolute Gasteiger partial charge is 0.409 e. The minimum Gasteiger partial charge on any atom is -0.445 e. The monoisotopic (exact) mass is 1150 g/mol. The van der Waals surface area contributed by atoms with E-state index in [1.54, 1.807) is 57.5 Å². The van der Waals surface area contributed by atoms with Crippen LogP contribution in [-0.2, 0) is 63.2 Å². The Hall–Kier alpha value is -6.58. The Morgan fingerprint density at radius 2 is 1.59 bits per heavy atom. The van der Waals surface area contributed by atoms with E-state index < -0.39 is 35.7 Å². The van der Waals surface area contributed by atoms with Crippen molar-refractivity contribution in [3.63, 3.8) is 0 Å². The van der Waals surface area contributed by atoms with Crippen molar-refractivity contribution in [2.75, 3.05) is 93.5 Å². The summed E-state index contributed by atoms with van der Waals surface area (Å²) >= 11 is 0. The molecule has 24 nitrogen and oxygen atoms in total. The van der Waals surface area contributed by atoms with Crippen molar-refractivity contribution in [1.82, 2.24) is 45.4 Å². The molecule has 0 spiro atoms. The number of H-pyrrole nitrogens is 1. The van der Waals surface area contributed by atoms with Gasteiger partial charge in [0.25, 0.3) is 5.56 Å². The average molecular weight is 1150 g/mol. The maximum absolute atomic E-state index is 14.7. The third kappa shape index (κ3) is 18.3. The van der Waals surface area contributed by atoms with Crippen molar-refractivity contribution in [3.8, 4) is 6.07 Å². The molecule has 2 aromatic heterocycles. The van der Waals surface area contributed by atoms with Gasteiger partial charge in [0.1, 0.15) is 23.8 Å². The van der Waals surface area contributed by atoms with Crippen molar-refractivity contribution < 1.29 is 71.3 Å². The molecule has 2 unspecified atom stereocenters. The molecule has 5 heterocycles. The Morgan fingerprint density at radius 3 is 2.19 bits per heavy atom. The number of likely N-dealkylation sites (N-methyl/N-ethyl adjacent to an activating group) is 3. The van der Waals surface area contributed by atoms with Crippen LogP contribution >= 0.6 is 0 Å². The molecule has 2 aromatic carbocycles. The fraction of sp³-hybridized carbons (Fsp3) is 0.519. The molecular weight excluding hydrogens is 1080 g/mol. The molecule has 0 bridgehead atoms. The van der Waals surface area contributed by atoms with Crippen LogP contribution in [0.1, 0.15) is 77.2 Å². The minimum absolute atomic E-state index is 0. The number of urea groups is 1. The molecule has 0 saturated carbocycles. The number of aliphatic hydroxyl groups is 1. The molecule has 3 aliphatic rings. The van der Waals surface area contributed by atoms with Gasteiger partial charge in [-0.05, 0) is 93.5 Å². The van der Waals surface area contributed by atoms with E-state index in [0.29, 0.717) is 75.7 Å². The van der Waals surface area contributed by atoms with E-state index in [-0.39, 0.29) is 106 Å². The number of benzene rings is 2. The van der Waals surface area contributed by atoms with Crippen LogP contribution in [0.5, 0.6) is 0 Å². The standard InChI is InChI=1S/C40H50N12O6.C9H14BN3O3.C3H8.Y/c1-42-25-34(54)44-29-6-4-28(5-7-29)26-58-40(57)49(3)23-22-48(2)39(56)52(31-10-8-30(9-11-31)50-20-15-32(53)16-21-50)36-35-33(24-43-47-37(35)55)45-38(46-36)51-18-13-27(12-17-41)14-19-51;10-12-7(4-8(11)15)9(16)13-3-1-2-6(13)5-14;1-3-2;/h4-11,24,27,32,42,53H,12-16,18-23,25-26H2,1-3H3,(H,44,54)(H,47,55);5-7,12H,1-4H2,(H2,11,15);3H2,1-2H3;. The van der Waals surface area contributed by atoms with Gasteiger partial charge in [-0.2, -0.15) is 15.3 Å². The maximum Gasteiger partial charge on any atom is 0.409 e. The summed E-state index contributed by atoms with van der Waals surface area (Å²) in [5.41, 5.74) is 7.43. The Morgan fingerprint density at radius 1 is 0.949 bits per heavy atom. The quantitative estimate of drug-likeness (QED) is 0.0616. The number of rotatable bonds is 18. The second-order valence-electron chi connectivity index (χ2n) is 19.1. The van der Waals surface area contributed by atoms with Crippen LogP contribution in [0.15, 0.2) is 59.5 Å². The molecule has 7 N–H and O–H groups in total. The van der Waals surface area contributed by atoms with Gasteiger partial charge in [-0.1, -0.05) is 32.4 Å². The molecule has 78 heavy (non-hydrogen) atoms. The molecule has 3 saturated heterocycles. The van der Waals surface area contributed by atoms with Crippen LogP contribution in [0, 0.1) is 17.2 Å². The van der Waals surface area contributed by atoms with Gasteiger partial charge in [-0.15, -0.1) is 0 Å². The van der Waals surface area contributed by atoms with Gasteiger partial charge in [0.2, 0.25) is 23.7 Å². The van der Waals surface area contributed by atoms with Gasteiger partial charge in [0.05, 0.1) is 42.7 Å². The predicted octanol–water partition coefficient (Wildman–Crippen LogP) is 2.93. The molecule has 2 atom stereocenters. The topological polar surface area (TPSA) is 309 Å². The van der Waals surface area contributed by atoms with E-state index in [2.05, 4.69) is 50.9 Å². The van der Waals surface area contributed by atoms with Gasteiger partial charge in [0, 0.05) is 117 Å². The predicted molar refractivity (Wildman–Crippen MR) is 292 cm³/mol. The summed E-state index contributed by atoms with van der Waals surface area (Å²) in [6.07, 6.45) is 7.12. The fourth-order valence-corrected chi connectivity index (χ4v) is 8.79. The molecule has 26 heteroatoms. The SMILES string of the molecule is CCC.CNCC(=O)Nc1ccc(COC(=O)N(C)CCN(C)C(=O)N(c2ccc(N3CCC(O)CC3)cc2)c2nc(N3CCC(CC#N)CC3)nc3cn[nH]c(=O)c23)cc1.[B]NC(CC(N)=O)C(=O)N1CCCC1C=O.[Y]. The number of ether oxygens (including phenoxy) is 1. The summed E-state index contributed by atoms with van der Waals surface area (Å²) in [4.78, 5) is 106. The number of aromatic amines is 1. The summed E-state index contributed by atoms with van der Waals surface area (Å²) in [5.74, 6) is -0.453. The largest absolute Gasteiger partial charge is 0.445 e. The average Bonchev–Trinajstić information content (AvgIpc) is 3.98. The number of hydrogen-bond acceptors (Lipinski definition) is 17. The zero-order chi connectivity index (χ0) is 56.0. The van der Waals surface area contributed by atoms with E-state index in [0.717, 1.165) is 36.8 Å². The maximum atomic E-state index is 14.7. The number of aldehydes is 1. The number of aliphatic hydroxyl groups excluding tert-OH is 1. The Balaban J connectivity index is 0.000000556. The number of primary amides is 1. The Kier molecular flexibility index (Phi) is 26.5. The summed E-state index contributed by atoms with van der Waals surface area (Å²) in [6, 6.07) is 14.9. The minimum atomic E-state index is -0.849. The summed E-state index contributed by atoms with van der Waals surface area (Å²) in [6.45, 7) is 7.78. The number of nitrogens with one attached hydrogen (secondary N) is 4. The number of fused-ring (bicyclic) bond motifs is 1. The first-order chi connectivity index (χ1) is 37.0. The summed E-state index contributed by atoms with van der Waals surface area (Å²) in [5, 5.41) is 33.6. The molecule has 7 rings (SSSR count). The number of carbonyl (C=O) groups is 6. The van der Waals surface area contributed by atoms with Gasteiger partial charge >= 0.3 is 12.1 Å². The Bertz CT molecular complexity index is 2700. The first-order valence-corrected chi connectivity index (χ1v) is 25.9. The number of amides is 6. The second-order valence-corrected chi connectivity index (χ2v) is 19.1. The zero-order valence-corrected chi connectivity index (χ0v) is 48.1. The number of anilines is 5. The van der Waals surface area contributed by atoms with Gasteiger partial charge in [0.15, 0.2) is 13.8 Å². The van der Waals surface area contributed by atoms with E-state index >= 15 is 0 Å². The number of nitrogens with zero attached hydrogens (tertiary/aromatic N) is 10. The number of carbonyl (C=O) groups excluding carboxylic acids is 6. The van der Waals surface area contributed by atoms with Crippen molar-refractivity contribution >= 4 is 83.8 Å². The third-order valence-corrected chi connectivity index (χ3v) is 13.1. The number of piperidine rings is 2. The summed E-state index contributed by atoms with van der Waals surface area (Å²) in [7, 11) is 10.1. The van der Waals surface area contributed by atoms with Gasteiger partial charge < -0.3 is 60.7 Å². The number of aromatic nitrogens is 4. The Labute approximate surface area is 481 Å². The number of hydrogen-bond donors (Lipinski definition) is 6. The molecule has 3 radical (unpaired) electrons. The van der Waals surface area contributed by atoms with E-state index in [4.69, 9.17) is 28.4 Å².